The number of hydrogen-bond acceptors (Lipinski definition) is 1. The Bertz CT molecular complexity index is 114. The lowest BCUT2D eigenvalue weighted by atomic mass is 9.98. The number of methoxy groups -OCH3 is 1. The van der Waals surface area contributed by atoms with Gasteiger partial charge in [0.2, 0.25) is 0 Å². The van der Waals surface area contributed by atoms with Crippen LogP contribution in [0.15, 0.2) is 11.8 Å². The molecule has 0 aromatic carbocycles. The molecule has 0 spiro atoms. The molecule has 1 atom stereocenters. The molecular weight excluding hydrogens is 124 g/mol. The SMILES string of the molecule is CO/C(C)=C/C(C)C(C)C. The number of allylic oxidation sites excluding steroid dienone is 2. The normalized spacial score (nSPS) is 15.6. The largest absolute Gasteiger partial charge is 0.502 e. The summed E-state index contributed by atoms with van der Waals surface area (Å²) < 4.78 is 5.03. The van der Waals surface area contributed by atoms with E-state index in [2.05, 4.69) is 26.8 Å². The van der Waals surface area contributed by atoms with Crippen molar-refractivity contribution in [2.45, 2.75) is 27.7 Å². The van der Waals surface area contributed by atoms with Gasteiger partial charge in [-0.15, -0.1) is 0 Å². The maximum atomic E-state index is 5.03. The summed E-state index contributed by atoms with van der Waals surface area (Å²) in [6.45, 7) is 8.61. The van der Waals surface area contributed by atoms with E-state index in [1.165, 1.54) is 0 Å². The summed E-state index contributed by atoms with van der Waals surface area (Å²) in [5.74, 6) is 2.33. The third-order valence-corrected chi connectivity index (χ3v) is 1.87. The van der Waals surface area contributed by atoms with E-state index in [1.54, 1.807) is 7.11 Å². The highest BCUT2D eigenvalue weighted by atomic mass is 16.5. The molecule has 0 aromatic rings. The Kier molecular flexibility index (Phi) is 4.17. The highest BCUT2D eigenvalue weighted by molar-refractivity contribution is 4.92. The molecule has 0 fully saturated rings. The summed E-state index contributed by atoms with van der Waals surface area (Å²) in [4.78, 5) is 0. The molecule has 0 aliphatic rings. The van der Waals surface area contributed by atoms with Crippen LogP contribution in [-0.2, 0) is 4.74 Å². The quantitative estimate of drug-likeness (QED) is 0.550. The maximum Gasteiger partial charge on any atom is 0.0887 e. The fourth-order valence-electron chi connectivity index (χ4n) is 0.631. The first-order chi connectivity index (χ1) is 4.57. The molecule has 1 nitrogen and oxygen atoms in total. The van der Waals surface area contributed by atoms with Gasteiger partial charge in [-0.2, -0.15) is 0 Å². The van der Waals surface area contributed by atoms with E-state index >= 15 is 0 Å². The van der Waals surface area contributed by atoms with Crippen molar-refractivity contribution in [3.63, 3.8) is 0 Å². The second-order valence-electron chi connectivity index (χ2n) is 3.08. The minimum Gasteiger partial charge on any atom is -0.502 e. The van der Waals surface area contributed by atoms with Gasteiger partial charge in [0, 0.05) is 0 Å². The second-order valence-corrected chi connectivity index (χ2v) is 3.08. The summed E-state index contributed by atoms with van der Waals surface area (Å²) in [7, 11) is 1.71. The molecule has 0 heterocycles. The highest BCUT2D eigenvalue weighted by Gasteiger charge is 2.03. The molecule has 0 saturated carbocycles. The first kappa shape index (κ1) is 9.54. The van der Waals surface area contributed by atoms with E-state index < -0.39 is 0 Å². The van der Waals surface area contributed by atoms with Gasteiger partial charge in [-0.1, -0.05) is 20.8 Å². The second kappa shape index (κ2) is 4.37. The zero-order valence-corrected chi connectivity index (χ0v) is 7.64. The smallest absolute Gasteiger partial charge is 0.0887 e. The van der Waals surface area contributed by atoms with Gasteiger partial charge < -0.3 is 4.74 Å². The zero-order chi connectivity index (χ0) is 8.15. The van der Waals surface area contributed by atoms with E-state index in [9.17, 15) is 0 Å². The molecule has 0 aromatic heterocycles. The predicted molar refractivity (Wildman–Crippen MR) is 44.8 cm³/mol. The van der Waals surface area contributed by atoms with Crippen molar-refractivity contribution < 1.29 is 4.74 Å². The Labute approximate surface area is 64.1 Å². The van der Waals surface area contributed by atoms with Crippen LogP contribution in [-0.4, -0.2) is 7.11 Å². The van der Waals surface area contributed by atoms with Gasteiger partial charge in [-0.05, 0) is 24.8 Å². The van der Waals surface area contributed by atoms with Crippen molar-refractivity contribution >= 4 is 0 Å². The first-order valence-corrected chi connectivity index (χ1v) is 3.80. The number of ether oxygens (including phenoxy) is 1. The predicted octanol–water partition coefficient (Wildman–Crippen LogP) is 2.83. The molecule has 0 N–H and O–H groups in total. The van der Waals surface area contributed by atoms with Crippen LogP contribution in [0.4, 0.5) is 0 Å². The van der Waals surface area contributed by atoms with Crippen LogP contribution in [0.3, 0.4) is 0 Å². The molecule has 0 saturated heterocycles. The molecule has 0 aliphatic heterocycles. The highest BCUT2D eigenvalue weighted by Crippen LogP contribution is 2.13. The lowest BCUT2D eigenvalue weighted by Crippen LogP contribution is -2.00. The molecule has 0 aliphatic carbocycles. The summed E-state index contributed by atoms with van der Waals surface area (Å²) in [6, 6.07) is 0. The van der Waals surface area contributed by atoms with Crippen LogP contribution in [0.2, 0.25) is 0 Å². The van der Waals surface area contributed by atoms with Gasteiger partial charge in [0.15, 0.2) is 0 Å². The van der Waals surface area contributed by atoms with E-state index in [1.807, 2.05) is 6.92 Å². The van der Waals surface area contributed by atoms with Crippen molar-refractivity contribution in [1.29, 1.82) is 0 Å². The van der Waals surface area contributed by atoms with Gasteiger partial charge >= 0.3 is 0 Å². The Morgan fingerprint density at radius 2 is 1.80 bits per heavy atom. The Morgan fingerprint density at radius 3 is 2.10 bits per heavy atom. The van der Waals surface area contributed by atoms with Crippen LogP contribution >= 0.6 is 0 Å². The fourth-order valence-corrected chi connectivity index (χ4v) is 0.631. The molecule has 1 unspecified atom stereocenters. The lowest BCUT2D eigenvalue weighted by Gasteiger charge is -2.11. The van der Waals surface area contributed by atoms with Crippen molar-refractivity contribution in [1.82, 2.24) is 0 Å². The van der Waals surface area contributed by atoms with E-state index in [0.29, 0.717) is 11.8 Å². The molecule has 0 rings (SSSR count). The lowest BCUT2D eigenvalue weighted by molar-refractivity contribution is 0.286. The van der Waals surface area contributed by atoms with Crippen LogP contribution < -0.4 is 0 Å². The summed E-state index contributed by atoms with van der Waals surface area (Å²) in [5, 5.41) is 0. The average molecular weight is 142 g/mol. The third kappa shape index (κ3) is 3.54. The van der Waals surface area contributed by atoms with Gasteiger partial charge in [0.25, 0.3) is 0 Å². The van der Waals surface area contributed by atoms with Gasteiger partial charge in [0.1, 0.15) is 0 Å². The van der Waals surface area contributed by atoms with Crippen LogP contribution in [0, 0.1) is 11.8 Å². The topological polar surface area (TPSA) is 9.23 Å². The van der Waals surface area contributed by atoms with Gasteiger partial charge in [-0.25, -0.2) is 0 Å². The Morgan fingerprint density at radius 1 is 1.30 bits per heavy atom. The molecule has 60 valence electrons. The van der Waals surface area contributed by atoms with E-state index in [4.69, 9.17) is 4.74 Å². The Hall–Kier alpha value is -0.460. The monoisotopic (exact) mass is 142 g/mol. The Balaban J connectivity index is 3.86. The standard InChI is InChI=1S/C9H18O/c1-7(2)8(3)6-9(4)10-5/h6-8H,1-5H3/b9-6+. The summed E-state index contributed by atoms with van der Waals surface area (Å²) >= 11 is 0. The average Bonchev–Trinajstić information content (AvgIpc) is 1.87. The van der Waals surface area contributed by atoms with Crippen molar-refractivity contribution in [2.24, 2.45) is 11.8 Å². The van der Waals surface area contributed by atoms with Crippen molar-refractivity contribution in [3.05, 3.63) is 11.8 Å². The minimum atomic E-state index is 0.611. The minimum absolute atomic E-state index is 0.611. The zero-order valence-electron chi connectivity index (χ0n) is 7.64. The third-order valence-electron chi connectivity index (χ3n) is 1.87. The van der Waals surface area contributed by atoms with E-state index in [0.717, 1.165) is 5.76 Å². The number of rotatable bonds is 3. The molecule has 0 bridgehead atoms. The first-order valence-electron chi connectivity index (χ1n) is 3.80. The molecule has 0 amide bonds. The fraction of sp³-hybridized carbons (Fsp3) is 0.778. The van der Waals surface area contributed by atoms with Crippen LogP contribution in [0.1, 0.15) is 27.7 Å². The van der Waals surface area contributed by atoms with Crippen molar-refractivity contribution in [2.75, 3.05) is 7.11 Å². The molecular formula is C9H18O. The molecule has 1 heteroatoms. The molecule has 10 heavy (non-hydrogen) atoms. The summed E-state index contributed by atoms with van der Waals surface area (Å²) in [6.07, 6.45) is 2.16. The van der Waals surface area contributed by atoms with E-state index in [-0.39, 0.29) is 0 Å². The van der Waals surface area contributed by atoms with Crippen LogP contribution in [0.25, 0.3) is 0 Å². The van der Waals surface area contributed by atoms with Crippen molar-refractivity contribution in [3.8, 4) is 0 Å². The molecule has 0 radical (unpaired) electrons. The van der Waals surface area contributed by atoms with Gasteiger partial charge in [-0.3, -0.25) is 0 Å². The maximum absolute atomic E-state index is 5.03. The van der Waals surface area contributed by atoms with Gasteiger partial charge in [0.05, 0.1) is 12.9 Å². The van der Waals surface area contributed by atoms with Crippen LogP contribution in [0.5, 0.6) is 0 Å². The summed E-state index contributed by atoms with van der Waals surface area (Å²) in [5.41, 5.74) is 0. The number of hydrogen-bond donors (Lipinski definition) is 0.